The lowest BCUT2D eigenvalue weighted by Crippen LogP contribution is -2.47. The molecule has 3 atom stereocenters. The van der Waals surface area contributed by atoms with Crippen LogP contribution in [0.25, 0.3) is 0 Å². The van der Waals surface area contributed by atoms with Gasteiger partial charge in [0, 0.05) is 24.1 Å². The predicted molar refractivity (Wildman–Crippen MR) is 73.8 cm³/mol. The van der Waals surface area contributed by atoms with Gasteiger partial charge in [-0.15, -0.1) is 0 Å². The zero-order valence-corrected chi connectivity index (χ0v) is 11.8. The molecule has 116 valence electrons. The van der Waals surface area contributed by atoms with E-state index < -0.39 is 24.5 Å². The van der Waals surface area contributed by atoms with Gasteiger partial charge in [-0.05, 0) is 12.5 Å². The fraction of sp³-hybridized carbons (Fsp3) is 0.500. The number of hydrogen-bond donors (Lipinski definition) is 4. The van der Waals surface area contributed by atoms with E-state index in [0.29, 0.717) is 11.1 Å². The molecule has 1 heterocycles. The van der Waals surface area contributed by atoms with Gasteiger partial charge in [0.05, 0.1) is 13.2 Å². The second kappa shape index (κ2) is 6.40. The van der Waals surface area contributed by atoms with E-state index in [2.05, 4.69) is 4.74 Å². The molecule has 7 heteroatoms. The highest BCUT2D eigenvalue weighted by Crippen LogP contribution is 2.38. The minimum absolute atomic E-state index is 0.0843. The Hall–Kier alpha value is -1.67. The number of hydrogen-bond acceptors (Lipinski definition) is 7. The number of benzene rings is 1. The number of carbonyl (C=O) groups excluding carboxylic acids is 1. The quantitative estimate of drug-likeness (QED) is 0.439. The Morgan fingerprint density at radius 1 is 1.57 bits per heavy atom. The number of aromatic hydroxyl groups is 1. The number of nitrogens with two attached hydrogens (primary N) is 1. The van der Waals surface area contributed by atoms with Crippen LogP contribution in [0.2, 0.25) is 0 Å². The number of aliphatic hydroxyl groups is 2. The third-order valence-corrected chi connectivity index (χ3v) is 3.81. The number of phenols is 1. The SMILES string of the molecule is COC(=O)CCC(C(N)O)N1Cc2c(O)cccc2C1O. The van der Waals surface area contributed by atoms with Crippen LogP contribution in [-0.4, -0.2) is 45.6 Å². The number of aliphatic hydroxyl groups excluding tert-OH is 2. The molecule has 0 aliphatic carbocycles. The molecule has 1 aliphatic rings. The van der Waals surface area contributed by atoms with E-state index in [1.807, 2.05) is 0 Å². The van der Waals surface area contributed by atoms with E-state index in [4.69, 9.17) is 5.73 Å². The van der Waals surface area contributed by atoms with Crippen LogP contribution in [0.1, 0.15) is 30.2 Å². The molecule has 0 saturated carbocycles. The third kappa shape index (κ3) is 3.16. The van der Waals surface area contributed by atoms with Gasteiger partial charge in [0.1, 0.15) is 18.2 Å². The van der Waals surface area contributed by atoms with Crippen molar-refractivity contribution in [2.75, 3.05) is 7.11 Å². The zero-order chi connectivity index (χ0) is 15.6. The third-order valence-electron chi connectivity index (χ3n) is 3.81. The topological polar surface area (TPSA) is 116 Å². The number of nitrogens with zero attached hydrogens (tertiary/aromatic N) is 1. The predicted octanol–water partition coefficient (Wildman–Crippen LogP) is -0.202. The lowest BCUT2D eigenvalue weighted by atomic mass is 10.1. The van der Waals surface area contributed by atoms with Crippen molar-refractivity contribution in [3.8, 4) is 5.75 Å². The number of fused-ring (bicyclic) bond motifs is 1. The first-order valence-electron chi connectivity index (χ1n) is 6.70. The molecule has 0 spiro atoms. The largest absolute Gasteiger partial charge is 0.508 e. The number of phenolic OH excluding ortho intramolecular Hbond substituents is 1. The van der Waals surface area contributed by atoms with Crippen molar-refractivity contribution in [1.82, 2.24) is 4.90 Å². The highest BCUT2D eigenvalue weighted by molar-refractivity contribution is 5.69. The van der Waals surface area contributed by atoms with Gasteiger partial charge >= 0.3 is 5.97 Å². The van der Waals surface area contributed by atoms with Gasteiger partial charge in [0.25, 0.3) is 0 Å². The van der Waals surface area contributed by atoms with Crippen LogP contribution in [0.15, 0.2) is 18.2 Å². The molecule has 0 amide bonds. The average Bonchev–Trinajstić information content (AvgIpc) is 2.78. The average molecular weight is 296 g/mol. The maximum absolute atomic E-state index is 11.2. The van der Waals surface area contributed by atoms with E-state index in [0.717, 1.165) is 0 Å². The summed E-state index contributed by atoms with van der Waals surface area (Å²) in [5.74, 6) is -0.318. The van der Waals surface area contributed by atoms with E-state index in [1.165, 1.54) is 13.2 Å². The molecule has 21 heavy (non-hydrogen) atoms. The van der Waals surface area contributed by atoms with Gasteiger partial charge in [-0.3, -0.25) is 9.69 Å². The molecule has 0 saturated heterocycles. The van der Waals surface area contributed by atoms with Crippen LogP contribution in [0, 0.1) is 0 Å². The first-order chi connectivity index (χ1) is 9.95. The molecule has 3 unspecified atom stereocenters. The summed E-state index contributed by atoms with van der Waals surface area (Å²) in [4.78, 5) is 12.8. The van der Waals surface area contributed by atoms with Gasteiger partial charge in [-0.2, -0.15) is 0 Å². The standard InChI is InChI=1S/C14H20N2O5/c1-21-12(18)6-5-10(13(15)19)16-7-9-8(14(16)20)3-2-4-11(9)17/h2-4,10,13-14,17,19-20H,5-7,15H2,1H3. The number of methoxy groups -OCH3 is 1. The van der Waals surface area contributed by atoms with Crippen LogP contribution in [0.3, 0.4) is 0 Å². The summed E-state index contributed by atoms with van der Waals surface area (Å²) in [6, 6.07) is 4.27. The number of rotatable bonds is 5. The Balaban J connectivity index is 2.16. The summed E-state index contributed by atoms with van der Waals surface area (Å²) in [6.07, 6.45) is -1.87. The summed E-state index contributed by atoms with van der Waals surface area (Å²) in [7, 11) is 1.29. The van der Waals surface area contributed by atoms with Crippen molar-refractivity contribution >= 4 is 5.97 Å². The Labute approximate surface area is 122 Å². The molecular formula is C14H20N2O5. The Morgan fingerprint density at radius 2 is 2.29 bits per heavy atom. The van der Waals surface area contributed by atoms with Crippen molar-refractivity contribution in [3.63, 3.8) is 0 Å². The van der Waals surface area contributed by atoms with Gasteiger partial charge in [-0.25, -0.2) is 0 Å². The van der Waals surface area contributed by atoms with Crippen molar-refractivity contribution < 1.29 is 24.9 Å². The van der Waals surface area contributed by atoms with Crippen LogP contribution in [0.4, 0.5) is 0 Å². The van der Waals surface area contributed by atoms with Crippen LogP contribution in [-0.2, 0) is 16.1 Å². The fourth-order valence-corrected chi connectivity index (χ4v) is 2.65. The maximum Gasteiger partial charge on any atom is 0.305 e. The van der Waals surface area contributed by atoms with Crippen molar-refractivity contribution in [1.29, 1.82) is 0 Å². The Kier molecular flexibility index (Phi) is 4.79. The Morgan fingerprint density at radius 3 is 2.86 bits per heavy atom. The molecule has 0 aromatic heterocycles. The molecule has 1 aromatic carbocycles. The molecular weight excluding hydrogens is 276 g/mol. The molecule has 5 N–H and O–H groups in total. The van der Waals surface area contributed by atoms with Crippen LogP contribution in [0.5, 0.6) is 5.75 Å². The van der Waals surface area contributed by atoms with E-state index >= 15 is 0 Å². The smallest absolute Gasteiger partial charge is 0.305 e. The molecule has 1 aliphatic heterocycles. The van der Waals surface area contributed by atoms with Gasteiger partial charge in [0.2, 0.25) is 0 Å². The van der Waals surface area contributed by atoms with Crippen LogP contribution < -0.4 is 5.73 Å². The lowest BCUT2D eigenvalue weighted by Gasteiger charge is -2.32. The molecule has 0 bridgehead atoms. The first kappa shape index (κ1) is 15.7. The molecule has 2 rings (SSSR count). The number of carbonyl (C=O) groups is 1. The lowest BCUT2D eigenvalue weighted by molar-refractivity contribution is -0.141. The molecule has 1 aromatic rings. The molecule has 7 nitrogen and oxygen atoms in total. The van der Waals surface area contributed by atoms with Crippen molar-refractivity contribution in [2.24, 2.45) is 5.73 Å². The highest BCUT2D eigenvalue weighted by atomic mass is 16.5. The molecule has 0 fully saturated rings. The maximum atomic E-state index is 11.2. The second-order valence-electron chi connectivity index (χ2n) is 5.06. The summed E-state index contributed by atoms with van der Waals surface area (Å²) in [5, 5.41) is 29.9. The van der Waals surface area contributed by atoms with E-state index in [9.17, 15) is 20.1 Å². The van der Waals surface area contributed by atoms with Crippen LogP contribution >= 0.6 is 0 Å². The number of esters is 1. The molecule has 0 radical (unpaired) electrons. The first-order valence-corrected chi connectivity index (χ1v) is 6.70. The highest BCUT2D eigenvalue weighted by Gasteiger charge is 2.37. The zero-order valence-electron chi connectivity index (χ0n) is 11.8. The second-order valence-corrected chi connectivity index (χ2v) is 5.06. The fourth-order valence-electron chi connectivity index (χ4n) is 2.65. The summed E-state index contributed by atoms with van der Waals surface area (Å²) in [5.41, 5.74) is 6.75. The van der Waals surface area contributed by atoms with E-state index in [1.54, 1.807) is 17.0 Å². The normalized spacial score (nSPS) is 20.9. The summed E-state index contributed by atoms with van der Waals surface area (Å²) >= 11 is 0. The monoisotopic (exact) mass is 296 g/mol. The Bertz CT molecular complexity index is 520. The van der Waals surface area contributed by atoms with Gasteiger partial charge in [0.15, 0.2) is 0 Å². The minimum atomic E-state index is -1.22. The summed E-state index contributed by atoms with van der Waals surface area (Å²) in [6.45, 7) is 0.253. The van der Waals surface area contributed by atoms with Crippen molar-refractivity contribution in [3.05, 3.63) is 29.3 Å². The van der Waals surface area contributed by atoms with Crippen molar-refractivity contribution in [2.45, 2.75) is 37.9 Å². The summed E-state index contributed by atoms with van der Waals surface area (Å²) < 4.78 is 4.57. The van der Waals surface area contributed by atoms with Gasteiger partial charge in [-0.1, -0.05) is 12.1 Å². The van der Waals surface area contributed by atoms with Gasteiger partial charge < -0.3 is 25.8 Å². The number of ether oxygens (including phenoxy) is 1. The van der Waals surface area contributed by atoms with E-state index in [-0.39, 0.29) is 25.1 Å². The minimum Gasteiger partial charge on any atom is -0.508 e.